The number of esters is 2. The Hall–Kier alpha value is -0.390. The Bertz CT molecular complexity index is 1300. The largest absolute Gasteiger partial charge is 0.461 e. The van der Waals surface area contributed by atoms with Gasteiger partial charge in [-0.15, -0.1) is 11.8 Å². The fourth-order valence-corrected chi connectivity index (χ4v) is 7.22. The highest BCUT2D eigenvalue weighted by Gasteiger charge is 2.70. The average Bonchev–Trinajstić information content (AvgIpc) is 2.82. The summed E-state index contributed by atoms with van der Waals surface area (Å²) in [5.74, 6) is -2.63. The van der Waals surface area contributed by atoms with E-state index in [0.29, 0.717) is 5.02 Å². The summed E-state index contributed by atoms with van der Waals surface area (Å²) in [5, 5.41) is -0.789. The third kappa shape index (κ3) is 6.40. The average molecular weight is 784 g/mol. The molecule has 1 saturated heterocycles. The first-order valence-corrected chi connectivity index (χ1v) is 16.9. The molecule has 0 saturated carbocycles. The fraction of sp³-hybridized carbons (Fsp3) is 0.450. The van der Waals surface area contributed by atoms with Crippen LogP contribution in [0, 0.1) is 0 Å². The van der Waals surface area contributed by atoms with Crippen molar-refractivity contribution >= 4 is 119 Å². The summed E-state index contributed by atoms with van der Waals surface area (Å²) in [4.78, 5) is 39.4. The van der Waals surface area contributed by atoms with Gasteiger partial charge >= 0.3 is 14.3 Å². The lowest BCUT2D eigenvalue weighted by Crippen LogP contribution is -2.74. The number of ether oxygens (including phenoxy) is 3. The van der Waals surface area contributed by atoms with E-state index in [9.17, 15) is 25.9 Å². The molecule has 1 fully saturated rings. The van der Waals surface area contributed by atoms with Gasteiger partial charge in [0.15, 0.2) is 0 Å². The van der Waals surface area contributed by atoms with Crippen LogP contribution in [0.15, 0.2) is 35.5 Å². The van der Waals surface area contributed by atoms with Gasteiger partial charge in [-0.1, -0.05) is 70.1 Å². The molecule has 210 valence electrons. The molecule has 38 heavy (non-hydrogen) atoms. The highest BCUT2D eigenvalue weighted by Crippen LogP contribution is 2.57. The van der Waals surface area contributed by atoms with Crippen molar-refractivity contribution in [2.45, 2.75) is 24.1 Å². The number of fused-ring (bicyclic) bond motifs is 1. The molecule has 1 aromatic rings. The molecule has 0 N–H and O–H groups in total. The number of benzene rings is 1. The van der Waals surface area contributed by atoms with Gasteiger partial charge in [0.25, 0.3) is 5.91 Å². The zero-order valence-corrected chi connectivity index (χ0v) is 26.8. The van der Waals surface area contributed by atoms with Crippen LogP contribution in [-0.2, 0) is 47.1 Å². The van der Waals surface area contributed by atoms with Crippen molar-refractivity contribution in [2.75, 3.05) is 25.2 Å². The van der Waals surface area contributed by atoms with Gasteiger partial charge in [0.05, 0.1) is 0 Å². The Morgan fingerprint density at radius 2 is 1.79 bits per heavy atom. The van der Waals surface area contributed by atoms with Crippen molar-refractivity contribution in [1.82, 2.24) is 4.90 Å². The fourth-order valence-electron chi connectivity index (χ4n) is 3.55. The summed E-state index contributed by atoms with van der Waals surface area (Å²) >= 11 is 27.7. The third-order valence-corrected chi connectivity index (χ3v) is 13.0. The number of halogens is 6. The molecule has 1 amide bonds. The molecule has 1 unspecified atom stereocenters. The van der Waals surface area contributed by atoms with Crippen molar-refractivity contribution in [2.24, 2.45) is 0 Å². The second-order valence-corrected chi connectivity index (χ2v) is 18.1. The van der Waals surface area contributed by atoms with Crippen LogP contribution in [0.25, 0.3) is 0 Å². The molecule has 10 nitrogen and oxygen atoms in total. The molecular formula is C20H17Cl5INO9S2. The summed E-state index contributed by atoms with van der Waals surface area (Å²) in [7, 11) is -4.32. The minimum atomic E-state index is -4.32. The first-order chi connectivity index (χ1) is 17.5. The van der Waals surface area contributed by atoms with E-state index >= 15 is 0 Å². The molecule has 2 aliphatic heterocycles. The van der Waals surface area contributed by atoms with Crippen LogP contribution in [0.4, 0.5) is 0 Å². The molecule has 18 heteroatoms. The van der Waals surface area contributed by atoms with Crippen LogP contribution < -0.4 is 0 Å². The first-order valence-electron chi connectivity index (χ1n) is 10.1. The van der Waals surface area contributed by atoms with E-state index in [1.165, 1.54) is 24.3 Å². The van der Waals surface area contributed by atoms with Crippen LogP contribution in [0.1, 0.15) is 12.5 Å². The maximum atomic E-state index is 13.9. The summed E-state index contributed by atoms with van der Waals surface area (Å²) in [6, 6.07) is 5.71. The number of nitrogens with zero attached hydrogens (tertiary/aromatic N) is 1. The van der Waals surface area contributed by atoms with E-state index < -0.39 is 72.6 Å². The van der Waals surface area contributed by atoms with E-state index in [1.54, 1.807) is 0 Å². The van der Waals surface area contributed by atoms with Gasteiger partial charge in [-0.25, -0.2) is 13.2 Å². The quantitative estimate of drug-likeness (QED) is 0.154. The number of hydrogen-bond donors (Lipinski definition) is 0. The number of hydrogen-bond acceptors (Lipinski definition) is 10. The van der Waals surface area contributed by atoms with Gasteiger partial charge in [0.1, 0.15) is 24.3 Å². The van der Waals surface area contributed by atoms with Crippen molar-refractivity contribution in [3.05, 3.63) is 46.1 Å². The minimum absolute atomic E-state index is 0.0131. The van der Waals surface area contributed by atoms with Crippen LogP contribution in [0.2, 0.25) is 5.02 Å². The number of carbonyl (C=O) groups is 3. The van der Waals surface area contributed by atoms with Gasteiger partial charge in [-0.05, 0) is 17.7 Å². The standard InChI is InChI=1S/C20H17Cl5INO9S2/c1-10(28)34-7-11-8-37-17-19(12-3-5-13(21)6-4-12,36-20(25,26-31)38(2,32)33)16(30)27(17)14(11)15(29)35-9-18(22,23)24/h3-6,17H,7-9H2,1-2H3/t17-,19-,20?/m1/s1. The number of sulfone groups is 1. The maximum Gasteiger partial charge on any atom is 0.355 e. The zero-order chi connectivity index (χ0) is 28.7. The molecule has 0 aromatic heterocycles. The molecule has 0 spiro atoms. The maximum absolute atomic E-state index is 13.9. The van der Waals surface area contributed by atoms with Crippen molar-refractivity contribution in [3.8, 4) is 0 Å². The van der Waals surface area contributed by atoms with Crippen molar-refractivity contribution in [3.63, 3.8) is 0 Å². The summed E-state index contributed by atoms with van der Waals surface area (Å²) in [6.45, 7) is 0.130. The number of β-lactam (4-membered cyclic amide) rings is 1. The number of alkyl halides is 5. The van der Waals surface area contributed by atoms with Gasteiger partial charge in [-0.2, -0.15) is 0 Å². The predicted molar refractivity (Wildman–Crippen MR) is 150 cm³/mol. The molecule has 0 aliphatic carbocycles. The van der Waals surface area contributed by atoms with Gasteiger partial charge in [0, 0.05) is 29.5 Å². The van der Waals surface area contributed by atoms with Crippen LogP contribution in [-0.4, -0.2) is 68.0 Å². The topological polar surface area (TPSA) is 133 Å². The van der Waals surface area contributed by atoms with Crippen molar-refractivity contribution in [1.29, 1.82) is 0 Å². The second-order valence-electron chi connectivity index (χ2n) is 7.92. The monoisotopic (exact) mass is 781 g/mol. The van der Waals surface area contributed by atoms with E-state index in [0.717, 1.165) is 29.8 Å². The first kappa shape index (κ1) is 32.1. The second kappa shape index (κ2) is 11.8. The summed E-state index contributed by atoms with van der Waals surface area (Å²) < 4.78 is 48.2. The van der Waals surface area contributed by atoms with Crippen LogP contribution in [0.5, 0.6) is 0 Å². The molecule has 2 aliphatic rings. The lowest BCUT2D eigenvalue weighted by molar-refractivity contribution is -0.193. The molecule has 0 radical (unpaired) electrons. The number of rotatable bonds is 9. The smallest absolute Gasteiger partial charge is 0.355 e. The molecule has 2 heterocycles. The zero-order valence-electron chi connectivity index (χ0n) is 19.2. The third-order valence-electron chi connectivity index (χ3n) is 5.20. The minimum Gasteiger partial charge on any atom is -0.461 e. The van der Waals surface area contributed by atoms with Crippen LogP contribution >= 0.6 is 91.0 Å². The van der Waals surface area contributed by atoms with Crippen LogP contribution in [0.3, 0.4) is 0 Å². The SMILES string of the molecule is CC(=O)OCC1=C(C(=O)OCC(Cl)(Cl)Cl)N2C(=O)[C@](OC(Cl)(I=O)S(C)(=O)=O)(c3ccc(Cl)cc3)[C@H]2SC1. The Labute approximate surface area is 257 Å². The Morgan fingerprint density at radius 3 is 2.29 bits per heavy atom. The lowest BCUT2D eigenvalue weighted by atomic mass is 9.83. The Balaban J connectivity index is 2.14. The highest BCUT2D eigenvalue weighted by atomic mass is 127. The summed E-state index contributed by atoms with van der Waals surface area (Å²) in [5.41, 5.74) is -2.06. The highest BCUT2D eigenvalue weighted by molar-refractivity contribution is 14.1. The van der Waals surface area contributed by atoms with E-state index in [-0.39, 0.29) is 29.2 Å². The predicted octanol–water partition coefficient (Wildman–Crippen LogP) is 4.41. The number of carbonyl (C=O) groups excluding carboxylic acids is 3. The lowest BCUT2D eigenvalue weighted by Gasteiger charge is -2.57. The molecular weight excluding hydrogens is 767 g/mol. The molecule has 0 bridgehead atoms. The number of thioether (sulfide) groups is 1. The molecule has 3 atom stereocenters. The summed E-state index contributed by atoms with van der Waals surface area (Å²) in [6.07, 6.45) is 0.721. The number of amides is 1. The van der Waals surface area contributed by atoms with Gasteiger partial charge < -0.3 is 14.2 Å². The molecule has 3 rings (SSSR count). The Kier molecular flexibility index (Phi) is 10.0. The Morgan fingerprint density at radius 1 is 1.18 bits per heavy atom. The van der Waals surface area contributed by atoms with Gasteiger partial charge in [-0.3, -0.25) is 17.6 Å². The van der Waals surface area contributed by atoms with Crippen molar-refractivity contribution < 1.29 is 40.1 Å². The van der Waals surface area contributed by atoms with E-state index in [2.05, 4.69) is 0 Å². The van der Waals surface area contributed by atoms with E-state index in [4.69, 9.17) is 72.2 Å². The van der Waals surface area contributed by atoms with E-state index in [1.807, 2.05) is 0 Å². The van der Waals surface area contributed by atoms with Gasteiger partial charge in [0.2, 0.25) is 40.4 Å². The normalized spacial score (nSPS) is 23.3. The molecule has 1 aromatic carbocycles.